The summed E-state index contributed by atoms with van der Waals surface area (Å²) in [5.41, 5.74) is 0.0394. The number of nitrogens with one attached hydrogen (secondary N) is 2. The number of nitrogens with zero attached hydrogens (tertiary/aromatic N) is 1. The highest BCUT2D eigenvalue weighted by atomic mass is 32.2. The minimum atomic E-state index is -3.67. The van der Waals surface area contributed by atoms with E-state index in [4.69, 9.17) is 9.47 Å². The number of para-hydroxylation sites is 2. The molecule has 0 radical (unpaired) electrons. The number of sulfonamides is 1. The normalized spacial score (nSPS) is 18.4. The second-order valence-electron chi connectivity index (χ2n) is 8.07. The lowest BCUT2D eigenvalue weighted by atomic mass is 10.1. The van der Waals surface area contributed by atoms with Gasteiger partial charge in [0, 0.05) is 30.1 Å². The molecule has 2 aliphatic rings. The smallest absolute Gasteiger partial charge is 0.252 e. The van der Waals surface area contributed by atoms with E-state index in [9.17, 15) is 18.0 Å². The van der Waals surface area contributed by atoms with Crippen molar-refractivity contribution in [3.8, 4) is 11.5 Å². The van der Waals surface area contributed by atoms with Gasteiger partial charge in [-0.3, -0.25) is 9.59 Å². The molecule has 1 fully saturated rings. The van der Waals surface area contributed by atoms with Gasteiger partial charge >= 0.3 is 0 Å². The number of pyridine rings is 1. The quantitative estimate of drug-likeness (QED) is 0.589. The summed E-state index contributed by atoms with van der Waals surface area (Å²) >= 11 is 0. The van der Waals surface area contributed by atoms with Gasteiger partial charge in [0.25, 0.3) is 5.91 Å². The van der Waals surface area contributed by atoms with Crippen molar-refractivity contribution in [1.82, 2.24) is 14.6 Å². The van der Waals surface area contributed by atoms with Crippen LogP contribution in [0.25, 0.3) is 10.9 Å². The zero-order chi connectivity index (χ0) is 23.0. The molecule has 9 nitrogen and oxygen atoms in total. The van der Waals surface area contributed by atoms with Crippen LogP contribution in [-0.4, -0.2) is 56.0 Å². The number of aromatic nitrogens is 1. The van der Waals surface area contributed by atoms with Crippen LogP contribution >= 0.6 is 0 Å². The second kappa shape index (κ2) is 8.53. The first-order chi connectivity index (χ1) is 15.9. The Balaban J connectivity index is 1.40. The van der Waals surface area contributed by atoms with Gasteiger partial charge in [0.1, 0.15) is 12.7 Å². The molecule has 1 amide bonds. The summed E-state index contributed by atoms with van der Waals surface area (Å²) in [6.07, 6.45) is 1.25. The number of rotatable bonds is 5. The van der Waals surface area contributed by atoms with Gasteiger partial charge in [0.05, 0.1) is 17.0 Å². The standard InChI is InChI=1S/C23H23N3O6S/c27-22-12-18(23(28)24-13-15-14-31-20-5-1-2-6-21(20)32-15)17-11-16(7-8-19(17)25-22)33(29,30)26-9-3-4-10-26/h1-2,5-8,11-12,15H,3-4,9-10,13-14H2,(H,24,28)(H,25,27). The molecule has 172 valence electrons. The molecular formula is C23H23N3O6S. The lowest BCUT2D eigenvalue weighted by Gasteiger charge is -2.26. The van der Waals surface area contributed by atoms with Crippen LogP contribution in [0.2, 0.25) is 0 Å². The predicted molar refractivity (Wildman–Crippen MR) is 121 cm³/mol. The average molecular weight is 470 g/mol. The molecule has 1 atom stereocenters. The number of ether oxygens (including phenoxy) is 2. The fourth-order valence-electron chi connectivity index (χ4n) is 4.12. The highest BCUT2D eigenvalue weighted by Crippen LogP contribution is 2.31. The summed E-state index contributed by atoms with van der Waals surface area (Å²) in [5.74, 6) is 0.748. The van der Waals surface area contributed by atoms with E-state index in [1.54, 1.807) is 12.1 Å². The number of hydrogen-bond donors (Lipinski definition) is 2. The van der Waals surface area contributed by atoms with Gasteiger partial charge in [0.15, 0.2) is 11.5 Å². The fourth-order valence-corrected chi connectivity index (χ4v) is 5.67. The highest BCUT2D eigenvalue weighted by Gasteiger charge is 2.28. The molecule has 5 rings (SSSR count). The summed E-state index contributed by atoms with van der Waals surface area (Å²) < 4.78 is 38.9. The molecule has 2 aliphatic heterocycles. The van der Waals surface area contributed by atoms with Crippen molar-refractivity contribution >= 4 is 26.8 Å². The summed E-state index contributed by atoms with van der Waals surface area (Å²) in [6, 6.07) is 12.9. The Labute approximate surface area is 190 Å². The van der Waals surface area contributed by atoms with Gasteiger partial charge in [-0.1, -0.05) is 12.1 Å². The maximum absolute atomic E-state index is 13.0. The zero-order valence-corrected chi connectivity index (χ0v) is 18.6. The van der Waals surface area contributed by atoms with E-state index in [0.717, 1.165) is 12.8 Å². The fraction of sp³-hybridized carbons (Fsp3) is 0.304. The third-order valence-corrected chi connectivity index (χ3v) is 7.71. The van der Waals surface area contributed by atoms with Crippen LogP contribution in [0.5, 0.6) is 11.5 Å². The van der Waals surface area contributed by atoms with Gasteiger partial charge < -0.3 is 19.8 Å². The minimum absolute atomic E-state index is 0.0959. The molecule has 0 spiro atoms. The Bertz CT molecular complexity index is 1380. The van der Waals surface area contributed by atoms with E-state index in [0.29, 0.717) is 35.5 Å². The van der Waals surface area contributed by atoms with Gasteiger partial charge in [-0.2, -0.15) is 4.31 Å². The van der Waals surface area contributed by atoms with Gasteiger partial charge in [0.2, 0.25) is 15.6 Å². The predicted octanol–water partition coefficient (Wildman–Crippen LogP) is 1.88. The molecule has 0 bridgehead atoms. The van der Waals surface area contributed by atoms with E-state index in [1.807, 2.05) is 12.1 Å². The van der Waals surface area contributed by atoms with Crippen LogP contribution in [0, 0.1) is 0 Å². The van der Waals surface area contributed by atoms with Crippen molar-refractivity contribution in [2.24, 2.45) is 0 Å². The summed E-state index contributed by atoms with van der Waals surface area (Å²) in [7, 11) is -3.67. The molecule has 2 N–H and O–H groups in total. The first-order valence-electron chi connectivity index (χ1n) is 10.8. The van der Waals surface area contributed by atoms with Crippen molar-refractivity contribution in [2.75, 3.05) is 26.2 Å². The van der Waals surface area contributed by atoms with E-state index >= 15 is 0 Å². The molecule has 1 unspecified atom stereocenters. The number of fused-ring (bicyclic) bond motifs is 2. The zero-order valence-electron chi connectivity index (χ0n) is 17.7. The van der Waals surface area contributed by atoms with Crippen molar-refractivity contribution < 1.29 is 22.7 Å². The molecule has 33 heavy (non-hydrogen) atoms. The number of carbonyl (C=O) groups is 1. The van der Waals surface area contributed by atoms with Crippen LogP contribution < -0.4 is 20.3 Å². The first kappa shape index (κ1) is 21.5. The molecule has 3 heterocycles. The van der Waals surface area contributed by atoms with Gasteiger partial charge in [-0.25, -0.2) is 8.42 Å². The number of hydrogen-bond acceptors (Lipinski definition) is 6. The summed E-state index contributed by atoms with van der Waals surface area (Å²) in [6.45, 7) is 1.39. The Kier molecular flexibility index (Phi) is 5.55. The SMILES string of the molecule is O=C(NCC1COc2ccccc2O1)c1cc(=O)[nH]c2ccc(S(=O)(=O)N3CCCC3)cc12. The van der Waals surface area contributed by atoms with Crippen LogP contribution in [0.15, 0.2) is 58.2 Å². The molecule has 0 aliphatic carbocycles. The highest BCUT2D eigenvalue weighted by molar-refractivity contribution is 7.89. The first-order valence-corrected chi connectivity index (χ1v) is 12.2. The molecule has 10 heteroatoms. The maximum atomic E-state index is 13.0. The molecule has 1 saturated heterocycles. The Morgan fingerprint density at radius 3 is 2.64 bits per heavy atom. The third-order valence-electron chi connectivity index (χ3n) is 5.82. The van der Waals surface area contributed by atoms with Gasteiger partial charge in [-0.05, 0) is 43.2 Å². The summed E-state index contributed by atoms with van der Waals surface area (Å²) in [5, 5.41) is 3.14. The van der Waals surface area contributed by atoms with Crippen molar-refractivity contribution in [3.63, 3.8) is 0 Å². The van der Waals surface area contributed by atoms with Crippen LogP contribution in [-0.2, 0) is 10.0 Å². The monoisotopic (exact) mass is 469 g/mol. The molecule has 2 aromatic carbocycles. The van der Waals surface area contributed by atoms with Gasteiger partial charge in [-0.15, -0.1) is 0 Å². The van der Waals surface area contributed by atoms with Crippen LogP contribution in [0.4, 0.5) is 0 Å². The van der Waals surface area contributed by atoms with Crippen molar-refractivity contribution in [2.45, 2.75) is 23.8 Å². The number of H-pyrrole nitrogens is 1. The van der Waals surface area contributed by atoms with E-state index in [1.165, 1.54) is 28.6 Å². The maximum Gasteiger partial charge on any atom is 0.252 e. The number of carbonyl (C=O) groups excluding carboxylic acids is 1. The van der Waals surface area contributed by atoms with E-state index in [-0.39, 0.29) is 23.6 Å². The van der Waals surface area contributed by atoms with E-state index < -0.39 is 27.6 Å². The topological polar surface area (TPSA) is 118 Å². The number of benzene rings is 2. The third kappa shape index (κ3) is 4.19. The minimum Gasteiger partial charge on any atom is -0.486 e. The summed E-state index contributed by atoms with van der Waals surface area (Å²) in [4.78, 5) is 27.9. The largest absolute Gasteiger partial charge is 0.486 e. The lowest BCUT2D eigenvalue weighted by molar-refractivity contribution is 0.0790. The number of amides is 1. The Hall–Kier alpha value is -3.37. The van der Waals surface area contributed by atoms with Crippen molar-refractivity contribution in [3.05, 3.63) is 64.4 Å². The van der Waals surface area contributed by atoms with Crippen LogP contribution in [0.3, 0.4) is 0 Å². The Morgan fingerprint density at radius 1 is 1.09 bits per heavy atom. The van der Waals surface area contributed by atoms with E-state index in [2.05, 4.69) is 10.3 Å². The second-order valence-corrected chi connectivity index (χ2v) is 10.0. The van der Waals surface area contributed by atoms with Crippen LogP contribution in [0.1, 0.15) is 23.2 Å². The Morgan fingerprint density at radius 2 is 1.85 bits per heavy atom. The average Bonchev–Trinajstić information content (AvgIpc) is 3.37. The molecule has 0 saturated carbocycles. The number of aromatic amines is 1. The van der Waals surface area contributed by atoms with Crippen molar-refractivity contribution in [1.29, 1.82) is 0 Å². The lowest BCUT2D eigenvalue weighted by Crippen LogP contribution is -2.41. The molecule has 3 aromatic rings. The molecular weight excluding hydrogens is 446 g/mol. The molecule has 1 aromatic heterocycles.